The fourth-order valence-electron chi connectivity index (χ4n) is 3.42. The van der Waals surface area contributed by atoms with Crippen LogP contribution < -0.4 is 10.6 Å². The number of nitrogens with two attached hydrogens (primary N) is 1. The molecule has 1 aromatic rings. The molecule has 3 unspecified atom stereocenters. The van der Waals surface area contributed by atoms with E-state index in [0.29, 0.717) is 5.92 Å². The lowest BCUT2D eigenvalue weighted by molar-refractivity contribution is -0.129. The molecule has 0 heterocycles. The van der Waals surface area contributed by atoms with E-state index < -0.39 is 0 Å². The number of rotatable bonds is 2. The summed E-state index contributed by atoms with van der Waals surface area (Å²) < 4.78 is 0. The standard InChI is InChI=1S/C18H28N2O/c1-12-6-8-14(9-7-12)20(5)17(21)15-10-11-16(19)13(2)18(15,3)4/h6-9,13,15-16H,10-11,19H2,1-5H3. The van der Waals surface area contributed by atoms with Crippen molar-refractivity contribution in [3.63, 3.8) is 0 Å². The van der Waals surface area contributed by atoms with E-state index in [1.54, 1.807) is 4.90 Å². The monoisotopic (exact) mass is 288 g/mol. The highest BCUT2D eigenvalue weighted by molar-refractivity contribution is 5.95. The van der Waals surface area contributed by atoms with Gasteiger partial charge in [-0.3, -0.25) is 4.79 Å². The number of nitrogens with zero attached hydrogens (tertiary/aromatic N) is 1. The molecule has 1 aliphatic carbocycles. The van der Waals surface area contributed by atoms with Crippen molar-refractivity contribution in [3.05, 3.63) is 29.8 Å². The van der Waals surface area contributed by atoms with Gasteiger partial charge in [-0.1, -0.05) is 38.5 Å². The van der Waals surface area contributed by atoms with Crippen molar-refractivity contribution in [2.24, 2.45) is 23.0 Å². The summed E-state index contributed by atoms with van der Waals surface area (Å²) in [6.45, 7) is 8.60. The highest BCUT2D eigenvalue weighted by atomic mass is 16.2. The summed E-state index contributed by atoms with van der Waals surface area (Å²) in [5.41, 5.74) is 8.30. The number of benzene rings is 1. The van der Waals surface area contributed by atoms with Crippen molar-refractivity contribution in [1.29, 1.82) is 0 Å². The molecule has 2 N–H and O–H groups in total. The number of hydrogen-bond donors (Lipinski definition) is 1. The topological polar surface area (TPSA) is 46.3 Å². The number of carbonyl (C=O) groups is 1. The normalized spacial score (nSPS) is 28.2. The van der Waals surface area contributed by atoms with Crippen molar-refractivity contribution in [2.45, 2.75) is 46.6 Å². The van der Waals surface area contributed by atoms with Crippen LogP contribution in [-0.4, -0.2) is 19.0 Å². The first-order chi connectivity index (χ1) is 9.75. The number of carbonyl (C=O) groups excluding carboxylic acids is 1. The molecule has 1 fully saturated rings. The van der Waals surface area contributed by atoms with Gasteiger partial charge in [0, 0.05) is 24.7 Å². The molecule has 0 radical (unpaired) electrons. The summed E-state index contributed by atoms with van der Waals surface area (Å²) in [6, 6.07) is 8.32. The Bertz CT molecular complexity index is 506. The van der Waals surface area contributed by atoms with E-state index in [0.717, 1.165) is 18.5 Å². The van der Waals surface area contributed by atoms with Crippen molar-refractivity contribution in [3.8, 4) is 0 Å². The molecule has 21 heavy (non-hydrogen) atoms. The van der Waals surface area contributed by atoms with Crippen molar-refractivity contribution < 1.29 is 4.79 Å². The smallest absolute Gasteiger partial charge is 0.230 e. The predicted octanol–water partition coefficient (Wildman–Crippen LogP) is 3.36. The molecule has 1 amide bonds. The Hall–Kier alpha value is -1.35. The Balaban J connectivity index is 2.21. The minimum Gasteiger partial charge on any atom is -0.327 e. The van der Waals surface area contributed by atoms with Crippen LogP contribution in [0.4, 0.5) is 5.69 Å². The van der Waals surface area contributed by atoms with E-state index in [9.17, 15) is 4.79 Å². The van der Waals surface area contributed by atoms with E-state index in [1.165, 1.54) is 5.56 Å². The Morgan fingerprint density at radius 1 is 1.24 bits per heavy atom. The number of amides is 1. The Labute approximate surface area is 128 Å². The van der Waals surface area contributed by atoms with Gasteiger partial charge in [0.1, 0.15) is 0 Å². The molecule has 0 aromatic heterocycles. The summed E-state index contributed by atoms with van der Waals surface area (Å²) in [7, 11) is 1.88. The van der Waals surface area contributed by atoms with Gasteiger partial charge in [-0.2, -0.15) is 0 Å². The summed E-state index contributed by atoms with van der Waals surface area (Å²) in [5.74, 6) is 0.604. The second-order valence-corrected chi connectivity index (χ2v) is 7.14. The van der Waals surface area contributed by atoms with Crippen LogP contribution in [0.25, 0.3) is 0 Å². The van der Waals surface area contributed by atoms with Gasteiger partial charge in [0.05, 0.1) is 0 Å². The molecule has 2 rings (SSSR count). The molecule has 1 saturated carbocycles. The maximum atomic E-state index is 12.9. The lowest BCUT2D eigenvalue weighted by Gasteiger charge is -2.47. The van der Waals surface area contributed by atoms with E-state index in [-0.39, 0.29) is 23.3 Å². The lowest BCUT2D eigenvalue weighted by Crippen LogP contribution is -2.52. The largest absolute Gasteiger partial charge is 0.327 e. The molecule has 0 aliphatic heterocycles. The molecule has 1 aliphatic rings. The van der Waals surface area contributed by atoms with Gasteiger partial charge >= 0.3 is 0 Å². The highest BCUT2D eigenvalue weighted by Gasteiger charge is 2.45. The number of aryl methyl sites for hydroxylation is 1. The third-order valence-electron chi connectivity index (χ3n) is 5.55. The summed E-state index contributed by atoms with van der Waals surface area (Å²) in [6.07, 6.45) is 1.82. The van der Waals surface area contributed by atoms with Crippen LogP contribution in [0.15, 0.2) is 24.3 Å². The first-order valence-corrected chi connectivity index (χ1v) is 7.85. The average molecular weight is 288 g/mol. The maximum Gasteiger partial charge on any atom is 0.230 e. The van der Waals surface area contributed by atoms with E-state index >= 15 is 0 Å². The second kappa shape index (κ2) is 5.80. The minimum atomic E-state index is -0.0618. The van der Waals surface area contributed by atoms with E-state index in [2.05, 4.69) is 27.7 Å². The Kier molecular flexibility index (Phi) is 4.43. The Morgan fingerprint density at radius 2 is 1.81 bits per heavy atom. The zero-order valence-corrected chi connectivity index (χ0v) is 13.9. The van der Waals surface area contributed by atoms with Crippen molar-refractivity contribution in [2.75, 3.05) is 11.9 Å². The number of anilines is 1. The quantitative estimate of drug-likeness (QED) is 0.907. The van der Waals surface area contributed by atoms with Crippen molar-refractivity contribution in [1.82, 2.24) is 0 Å². The maximum absolute atomic E-state index is 12.9. The second-order valence-electron chi connectivity index (χ2n) is 7.14. The van der Waals surface area contributed by atoms with Gasteiger partial charge in [0.15, 0.2) is 0 Å². The van der Waals surface area contributed by atoms with Gasteiger partial charge in [0.2, 0.25) is 5.91 Å². The molecule has 3 atom stereocenters. The lowest BCUT2D eigenvalue weighted by atomic mass is 9.60. The van der Waals surface area contributed by atoms with Crippen LogP contribution in [-0.2, 0) is 4.79 Å². The highest BCUT2D eigenvalue weighted by Crippen LogP contribution is 2.45. The Morgan fingerprint density at radius 3 is 2.38 bits per heavy atom. The first-order valence-electron chi connectivity index (χ1n) is 7.85. The molecule has 3 nitrogen and oxygen atoms in total. The predicted molar refractivity (Wildman–Crippen MR) is 88.2 cm³/mol. The summed E-state index contributed by atoms with van der Waals surface area (Å²) in [5, 5.41) is 0. The third-order valence-corrected chi connectivity index (χ3v) is 5.55. The van der Waals surface area contributed by atoms with Gasteiger partial charge in [-0.05, 0) is 43.2 Å². The van der Waals surface area contributed by atoms with Crippen LogP contribution in [0, 0.1) is 24.2 Å². The van der Waals surface area contributed by atoms with Crippen LogP contribution >= 0.6 is 0 Å². The van der Waals surface area contributed by atoms with Gasteiger partial charge in [-0.25, -0.2) is 0 Å². The third kappa shape index (κ3) is 2.98. The zero-order valence-electron chi connectivity index (χ0n) is 13.9. The summed E-state index contributed by atoms with van der Waals surface area (Å²) in [4.78, 5) is 14.7. The fraction of sp³-hybridized carbons (Fsp3) is 0.611. The molecule has 0 saturated heterocycles. The SMILES string of the molecule is Cc1ccc(N(C)C(=O)C2CCC(N)C(C)C2(C)C)cc1. The molecule has 3 heteroatoms. The van der Waals surface area contributed by atoms with Crippen LogP contribution in [0.2, 0.25) is 0 Å². The molecular formula is C18H28N2O. The molecular weight excluding hydrogens is 260 g/mol. The fourth-order valence-corrected chi connectivity index (χ4v) is 3.42. The minimum absolute atomic E-state index is 0.0404. The van der Waals surface area contributed by atoms with Gasteiger partial charge < -0.3 is 10.6 Å². The van der Waals surface area contributed by atoms with E-state index in [4.69, 9.17) is 5.73 Å². The van der Waals surface area contributed by atoms with Crippen LogP contribution in [0.1, 0.15) is 39.2 Å². The first kappa shape index (κ1) is 16.0. The van der Waals surface area contributed by atoms with Crippen molar-refractivity contribution >= 4 is 11.6 Å². The summed E-state index contributed by atoms with van der Waals surface area (Å²) >= 11 is 0. The van der Waals surface area contributed by atoms with E-state index in [1.807, 2.05) is 31.3 Å². The van der Waals surface area contributed by atoms with Gasteiger partial charge in [-0.15, -0.1) is 0 Å². The molecule has 116 valence electrons. The molecule has 0 spiro atoms. The molecule has 0 bridgehead atoms. The zero-order chi connectivity index (χ0) is 15.8. The number of hydrogen-bond acceptors (Lipinski definition) is 2. The van der Waals surface area contributed by atoms with Crippen LogP contribution in [0.5, 0.6) is 0 Å². The van der Waals surface area contributed by atoms with Gasteiger partial charge in [0.25, 0.3) is 0 Å². The van der Waals surface area contributed by atoms with Crippen LogP contribution in [0.3, 0.4) is 0 Å². The average Bonchev–Trinajstić information content (AvgIpc) is 2.44. The molecule has 1 aromatic carbocycles.